The summed E-state index contributed by atoms with van der Waals surface area (Å²) in [5.74, 6) is 1.53. The molecule has 3 rings (SSSR count). The molecule has 2 heterocycles. The summed E-state index contributed by atoms with van der Waals surface area (Å²) in [5, 5.41) is 10.6. The fraction of sp³-hybridized carbons (Fsp3) is 0.476. The second-order valence-corrected chi connectivity index (χ2v) is 7.11. The van der Waals surface area contributed by atoms with Crippen LogP contribution in [0, 0.1) is 5.92 Å². The number of benzene rings is 1. The van der Waals surface area contributed by atoms with Gasteiger partial charge in [0.1, 0.15) is 0 Å². The van der Waals surface area contributed by atoms with Crippen molar-refractivity contribution < 1.29 is 4.79 Å². The van der Waals surface area contributed by atoms with Crippen LogP contribution in [0.3, 0.4) is 0 Å². The number of nitrogens with one attached hydrogen (secondary N) is 2. The molecule has 158 valence electrons. The Morgan fingerprint density at radius 2 is 1.97 bits per heavy atom. The van der Waals surface area contributed by atoms with E-state index in [9.17, 15) is 4.79 Å². The van der Waals surface area contributed by atoms with Gasteiger partial charge in [-0.1, -0.05) is 18.2 Å². The maximum Gasteiger partial charge on any atom is 0.220 e. The van der Waals surface area contributed by atoms with Crippen molar-refractivity contribution in [3.05, 3.63) is 48.3 Å². The Balaban J connectivity index is 0.00000300. The molecule has 29 heavy (non-hydrogen) atoms. The van der Waals surface area contributed by atoms with Gasteiger partial charge in [0.25, 0.3) is 0 Å². The molecule has 0 aliphatic carbocycles. The summed E-state index contributed by atoms with van der Waals surface area (Å²) in [6.45, 7) is 5.36. The van der Waals surface area contributed by atoms with Crippen LogP contribution in [0.15, 0.2) is 47.7 Å². The first kappa shape index (κ1) is 23.2. The molecule has 0 saturated carbocycles. The average Bonchev–Trinajstić information content (AvgIpc) is 3.21. The number of carbonyl (C=O) groups is 1. The van der Waals surface area contributed by atoms with E-state index in [1.54, 1.807) is 7.05 Å². The summed E-state index contributed by atoms with van der Waals surface area (Å²) in [6.07, 6.45) is 6.55. The Bertz CT molecular complexity index is 783. The van der Waals surface area contributed by atoms with E-state index in [4.69, 9.17) is 4.99 Å². The van der Waals surface area contributed by atoms with Crippen LogP contribution in [0.1, 0.15) is 31.7 Å². The molecular weight excluding hydrogens is 479 g/mol. The molecule has 2 aromatic rings. The van der Waals surface area contributed by atoms with Crippen molar-refractivity contribution in [3.8, 4) is 5.69 Å². The first-order chi connectivity index (χ1) is 13.7. The number of carbonyl (C=O) groups excluding carboxylic acids is 1. The molecule has 0 unspecified atom stereocenters. The highest BCUT2D eigenvalue weighted by atomic mass is 127. The van der Waals surface area contributed by atoms with Crippen LogP contribution in [-0.4, -0.2) is 53.2 Å². The van der Waals surface area contributed by atoms with Crippen molar-refractivity contribution >= 4 is 35.8 Å². The van der Waals surface area contributed by atoms with Gasteiger partial charge in [-0.25, -0.2) is 9.67 Å². The number of piperidine rings is 1. The van der Waals surface area contributed by atoms with Crippen LogP contribution in [0.4, 0.5) is 0 Å². The molecule has 1 aliphatic heterocycles. The highest BCUT2D eigenvalue weighted by molar-refractivity contribution is 14.0. The minimum atomic E-state index is 0. The molecule has 0 radical (unpaired) electrons. The molecule has 7 nitrogen and oxygen atoms in total. The predicted octanol–water partition coefficient (Wildman–Crippen LogP) is 2.80. The number of amides is 1. The lowest BCUT2D eigenvalue weighted by Crippen LogP contribution is -2.46. The zero-order valence-corrected chi connectivity index (χ0v) is 19.5. The van der Waals surface area contributed by atoms with E-state index in [0.29, 0.717) is 18.9 Å². The molecule has 1 aromatic heterocycles. The zero-order valence-electron chi connectivity index (χ0n) is 17.2. The summed E-state index contributed by atoms with van der Waals surface area (Å²) in [5.41, 5.74) is 2.12. The topological polar surface area (TPSA) is 74.5 Å². The fourth-order valence-electron chi connectivity index (χ4n) is 3.47. The van der Waals surface area contributed by atoms with Gasteiger partial charge < -0.3 is 15.5 Å². The minimum absolute atomic E-state index is 0. The normalized spacial score (nSPS) is 15.0. The van der Waals surface area contributed by atoms with Gasteiger partial charge in [0.2, 0.25) is 5.91 Å². The Morgan fingerprint density at radius 1 is 1.24 bits per heavy atom. The first-order valence-corrected chi connectivity index (χ1v) is 10.0. The largest absolute Gasteiger partial charge is 0.359 e. The Morgan fingerprint density at radius 3 is 2.62 bits per heavy atom. The van der Waals surface area contributed by atoms with E-state index in [1.807, 2.05) is 47.4 Å². The molecule has 1 fully saturated rings. The van der Waals surface area contributed by atoms with E-state index in [2.05, 4.69) is 27.6 Å². The first-order valence-electron chi connectivity index (χ1n) is 10.0. The lowest BCUT2D eigenvalue weighted by atomic mass is 9.93. The highest BCUT2D eigenvalue weighted by Gasteiger charge is 2.23. The van der Waals surface area contributed by atoms with Crippen LogP contribution < -0.4 is 10.6 Å². The molecule has 0 bridgehead atoms. The number of hydrogen-bond donors (Lipinski definition) is 2. The standard InChI is InChI=1S/C21H30N6O.HI/c1-3-23-21(26-11-9-17(10-12-26)13-20(28)22-2)24-14-18-15-25-27(16-18)19-7-5-4-6-8-19;/h4-8,15-17H,3,9-14H2,1-2H3,(H,22,28)(H,23,24);1H. The van der Waals surface area contributed by atoms with Crippen molar-refractivity contribution in [3.63, 3.8) is 0 Å². The highest BCUT2D eigenvalue weighted by Crippen LogP contribution is 2.20. The van der Waals surface area contributed by atoms with Crippen LogP contribution in [-0.2, 0) is 11.3 Å². The van der Waals surface area contributed by atoms with Gasteiger partial charge >= 0.3 is 0 Å². The smallest absolute Gasteiger partial charge is 0.220 e. The van der Waals surface area contributed by atoms with E-state index >= 15 is 0 Å². The molecule has 2 N–H and O–H groups in total. The van der Waals surface area contributed by atoms with Crippen LogP contribution >= 0.6 is 24.0 Å². The molecular formula is C21H31IN6O. The van der Waals surface area contributed by atoms with E-state index in [-0.39, 0.29) is 29.9 Å². The number of aliphatic imine (C=N–C) groups is 1. The zero-order chi connectivity index (χ0) is 19.8. The SMILES string of the molecule is CCNC(=NCc1cnn(-c2ccccc2)c1)N1CCC(CC(=O)NC)CC1.I. The summed E-state index contributed by atoms with van der Waals surface area (Å²) in [6, 6.07) is 10.1. The lowest BCUT2D eigenvalue weighted by Gasteiger charge is -2.34. The third kappa shape index (κ3) is 6.73. The summed E-state index contributed by atoms with van der Waals surface area (Å²) in [4.78, 5) is 18.7. The van der Waals surface area contributed by atoms with Crippen molar-refractivity contribution in [1.29, 1.82) is 0 Å². The molecule has 1 amide bonds. The number of hydrogen-bond acceptors (Lipinski definition) is 3. The number of guanidine groups is 1. The summed E-state index contributed by atoms with van der Waals surface area (Å²) in [7, 11) is 1.70. The monoisotopic (exact) mass is 510 g/mol. The number of aromatic nitrogens is 2. The van der Waals surface area contributed by atoms with E-state index in [1.165, 1.54) is 0 Å². The van der Waals surface area contributed by atoms with Gasteiger partial charge in [-0.05, 0) is 37.8 Å². The second-order valence-electron chi connectivity index (χ2n) is 7.11. The molecule has 0 atom stereocenters. The number of rotatable bonds is 6. The average molecular weight is 510 g/mol. The number of halogens is 1. The third-order valence-electron chi connectivity index (χ3n) is 5.07. The van der Waals surface area contributed by atoms with Crippen molar-refractivity contribution in [1.82, 2.24) is 25.3 Å². The van der Waals surface area contributed by atoms with Gasteiger partial charge in [0.05, 0.1) is 18.4 Å². The van der Waals surface area contributed by atoms with Crippen LogP contribution in [0.5, 0.6) is 0 Å². The number of nitrogens with zero attached hydrogens (tertiary/aromatic N) is 4. The van der Waals surface area contributed by atoms with E-state index in [0.717, 1.165) is 49.7 Å². The van der Waals surface area contributed by atoms with Crippen LogP contribution in [0.2, 0.25) is 0 Å². The number of para-hydroxylation sites is 1. The molecule has 8 heteroatoms. The van der Waals surface area contributed by atoms with Crippen molar-refractivity contribution in [2.75, 3.05) is 26.7 Å². The van der Waals surface area contributed by atoms with Gasteiger partial charge in [-0.2, -0.15) is 5.10 Å². The minimum Gasteiger partial charge on any atom is -0.359 e. The second kappa shape index (κ2) is 11.8. The van der Waals surface area contributed by atoms with Crippen molar-refractivity contribution in [2.24, 2.45) is 10.9 Å². The van der Waals surface area contributed by atoms with Crippen molar-refractivity contribution in [2.45, 2.75) is 32.7 Å². The predicted molar refractivity (Wildman–Crippen MR) is 127 cm³/mol. The molecule has 0 spiro atoms. The van der Waals surface area contributed by atoms with Gasteiger partial charge in [-0.15, -0.1) is 24.0 Å². The van der Waals surface area contributed by atoms with Gasteiger partial charge in [0.15, 0.2) is 5.96 Å². The van der Waals surface area contributed by atoms with E-state index < -0.39 is 0 Å². The Kier molecular flexibility index (Phi) is 9.43. The molecule has 1 saturated heterocycles. The Hall–Kier alpha value is -2.10. The van der Waals surface area contributed by atoms with Gasteiger partial charge in [0, 0.05) is 44.9 Å². The fourth-order valence-corrected chi connectivity index (χ4v) is 3.47. The maximum absolute atomic E-state index is 11.6. The van der Waals surface area contributed by atoms with Gasteiger partial charge in [-0.3, -0.25) is 4.79 Å². The summed E-state index contributed by atoms with van der Waals surface area (Å²) >= 11 is 0. The molecule has 1 aromatic carbocycles. The molecule has 1 aliphatic rings. The Labute approximate surface area is 190 Å². The third-order valence-corrected chi connectivity index (χ3v) is 5.07. The maximum atomic E-state index is 11.6. The summed E-state index contributed by atoms with van der Waals surface area (Å²) < 4.78 is 1.88. The lowest BCUT2D eigenvalue weighted by molar-refractivity contribution is -0.121. The number of likely N-dealkylation sites (tertiary alicyclic amines) is 1. The quantitative estimate of drug-likeness (QED) is 0.356. The van der Waals surface area contributed by atoms with Crippen LogP contribution in [0.25, 0.3) is 5.69 Å².